The summed E-state index contributed by atoms with van der Waals surface area (Å²) in [4.78, 5) is 22.2. The van der Waals surface area contributed by atoms with Gasteiger partial charge in [0.15, 0.2) is 0 Å². The predicted molar refractivity (Wildman–Crippen MR) is 75.6 cm³/mol. The molecule has 0 radical (unpaired) electrons. The van der Waals surface area contributed by atoms with E-state index in [1.165, 1.54) is 6.07 Å². The molecule has 0 spiro atoms. The Bertz CT molecular complexity index is 532. The number of carbonyl (C=O) groups excluding carboxylic acids is 1. The lowest BCUT2D eigenvalue weighted by atomic mass is 10.1. The molecule has 1 saturated carbocycles. The summed E-state index contributed by atoms with van der Waals surface area (Å²) in [5.41, 5.74) is 0.463. The summed E-state index contributed by atoms with van der Waals surface area (Å²) in [5.74, 6) is -0.0795. The molecule has 1 aromatic rings. The molecule has 0 heterocycles. The molecular formula is C13H16ClN3O3. The van der Waals surface area contributed by atoms with Crippen molar-refractivity contribution in [3.05, 3.63) is 38.9 Å². The number of hydrogen-bond donors (Lipinski definition) is 2. The van der Waals surface area contributed by atoms with Crippen LogP contribution >= 0.6 is 11.6 Å². The normalized spacial score (nSPS) is 15.7. The molecule has 1 aliphatic rings. The van der Waals surface area contributed by atoms with Crippen molar-refractivity contribution in [1.82, 2.24) is 10.6 Å². The zero-order valence-electron chi connectivity index (χ0n) is 11.1. The number of halogens is 1. The van der Waals surface area contributed by atoms with Gasteiger partial charge in [0, 0.05) is 29.2 Å². The second-order valence-corrected chi connectivity index (χ2v) is 5.35. The Balaban J connectivity index is 1.95. The van der Waals surface area contributed by atoms with Gasteiger partial charge in [-0.3, -0.25) is 14.9 Å². The highest BCUT2D eigenvalue weighted by atomic mass is 35.5. The molecule has 0 aliphatic heterocycles. The number of nitrogens with zero attached hydrogens (tertiary/aromatic N) is 1. The average molecular weight is 298 g/mol. The molecule has 0 bridgehead atoms. The first-order valence-electron chi connectivity index (χ1n) is 6.44. The summed E-state index contributed by atoms with van der Waals surface area (Å²) >= 11 is 5.75. The van der Waals surface area contributed by atoms with Gasteiger partial charge in [-0.25, -0.2) is 0 Å². The van der Waals surface area contributed by atoms with Crippen molar-refractivity contribution in [3.8, 4) is 0 Å². The van der Waals surface area contributed by atoms with Crippen molar-refractivity contribution in [1.29, 1.82) is 0 Å². The molecule has 20 heavy (non-hydrogen) atoms. The minimum atomic E-state index is -0.474. The molecule has 6 nitrogen and oxygen atoms in total. The minimum absolute atomic E-state index is 0.0419. The maximum absolute atomic E-state index is 11.8. The van der Waals surface area contributed by atoms with Crippen LogP contribution in [-0.2, 0) is 11.3 Å². The van der Waals surface area contributed by atoms with Crippen LogP contribution in [0.4, 0.5) is 5.69 Å². The van der Waals surface area contributed by atoms with Crippen LogP contribution in [0.5, 0.6) is 0 Å². The van der Waals surface area contributed by atoms with Gasteiger partial charge in [0.2, 0.25) is 5.91 Å². The Kier molecular flexibility index (Phi) is 4.57. The molecule has 108 valence electrons. The van der Waals surface area contributed by atoms with Gasteiger partial charge in [0.25, 0.3) is 5.69 Å². The first kappa shape index (κ1) is 14.7. The molecule has 1 fully saturated rings. The van der Waals surface area contributed by atoms with Gasteiger partial charge in [-0.1, -0.05) is 11.6 Å². The van der Waals surface area contributed by atoms with Crippen molar-refractivity contribution < 1.29 is 9.72 Å². The molecular weight excluding hydrogens is 282 g/mol. The lowest BCUT2D eigenvalue weighted by Gasteiger charge is -2.13. The van der Waals surface area contributed by atoms with E-state index in [0.717, 1.165) is 12.8 Å². The fourth-order valence-corrected chi connectivity index (χ4v) is 1.93. The largest absolute Gasteiger partial charge is 0.352 e. The van der Waals surface area contributed by atoms with Crippen molar-refractivity contribution in [2.45, 2.75) is 38.4 Å². The van der Waals surface area contributed by atoms with E-state index >= 15 is 0 Å². The van der Waals surface area contributed by atoms with Gasteiger partial charge in [-0.2, -0.15) is 0 Å². The predicted octanol–water partition coefficient (Wildman–Crippen LogP) is 2.00. The third kappa shape index (κ3) is 3.91. The fourth-order valence-electron chi connectivity index (χ4n) is 1.77. The number of nitro groups is 1. The second-order valence-electron chi connectivity index (χ2n) is 4.92. The lowest BCUT2D eigenvalue weighted by Crippen LogP contribution is -2.42. The second kappa shape index (κ2) is 6.19. The molecule has 1 atom stereocenters. The summed E-state index contributed by atoms with van der Waals surface area (Å²) in [6, 6.07) is 4.41. The number of amides is 1. The first-order valence-corrected chi connectivity index (χ1v) is 6.81. The Morgan fingerprint density at radius 3 is 2.85 bits per heavy atom. The van der Waals surface area contributed by atoms with Crippen LogP contribution in [0.1, 0.15) is 25.3 Å². The minimum Gasteiger partial charge on any atom is -0.352 e. The molecule has 1 aromatic carbocycles. The average Bonchev–Trinajstić information content (AvgIpc) is 3.20. The van der Waals surface area contributed by atoms with Gasteiger partial charge in [0.05, 0.1) is 11.0 Å². The van der Waals surface area contributed by atoms with Gasteiger partial charge in [0.1, 0.15) is 0 Å². The van der Waals surface area contributed by atoms with Crippen LogP contribution in [-0.4, -0.2) is 22.9 Å². The van der Waals surface area contributed by atoms with E-state index < -0.39 is 11.0 Å². The maximum Gasteiger partial charge on any atom is 0.275 e. The van der Waals surface area contributed by atoms with Crippen LogP contribution in [0.25, 0.3) is 0 Å². The van der Waals surface area contributed by atoms with E-state index in [4.69, 9.17) is 11.6 Å². The number of nitrogens with one attached hydrogen (secondary N) is 2. The van der Waals surface area contributed by atoms with E-state index in [1.54, 1.807) is 19.1 Å². The standard InChI is InChI=1S/C13H16ClN3O3/c1-8(13(18)16-11-4-5-11)15-7-9-2-3-10(14)6-12(9)17(19)20/h2-3,6,8,11,15H,4-5,7H2,1H3,(H,16,18). The molecule has 2 N–H and O–H groups in total. The number of nitro benzene ring substituents is 1. The van der Waals surface area contributed by atoms with Crippen LogP contribution in [0.2, 0.25) is 5.02 Å². The van der Waals surface area contributed by atoms with Crippen LogP contribution < -0.4 is 10.6 Å². The topological polar surface area (TPSA) is 84.3 Å². The third-order valence-corrected chi connectivity index (χ3v) is 3.39. The van der Waals surface area contributed by atoms with Crippen LogP contribution in [0, 0.1) is 10.1 Å². The summed E-state index contributed by atoms with van der Waals surface area (Å²) in [6.45, 7) is 1.98. The third-order valence-electron chi connectivity index (χ3n) is 3.16. The zero-order chi connectivity index (χ0) is 14.7. The highest BCUT2D eigenvalue weighted by Gasteiger charge is 2.25. The summed E-state index contributed by atoms with van der Waals surface area (Å²) in [7, 11) is 0. The number of rotatable bonds is 6. The fraction of sp³-hybridized carbons (Fsp3) is 0.462. The van der Waals surface area contributed by atoms with Crippen molar-refractivity contribution >= 4 is 23.2 Å². The van der Waals surface area contributed by atoms with E-state index in [-0.39, 0.29) is 18.1 Å². The Labute approximate surface area is 121 Å². The first-order chi connectivity index (χ1) is 9.47. The van der Waals surface area contributed by atoms with Gasteiger partial charge in [-0.05, 0) is 31.9 Å². The zero-order valence-corrected chi connectivity index (χ0v) is 11.8. The summed E-state index contributed by atoms with van der Waals surface area (Å²) in [6.07, 6.45) is 2.06. The molecule has 0 saturated heterocycles. The van der Waals surface area contributed by atoms with E-state index in [0.29, 0.717) is 16.6 Å². The molecule has 0 aromatic heterocycles. The number of hydrogen-bond acceptors (Lipinski definition) is 4. The van der Waals surface area contributed by atoms with Gasteiger partial charge >= 0.3 is 0 Å². The monoisotopic (exact) mass is 297 g/mol. The van der Waals surface area contributed by atoms with Crippen LogP contribution in [0.3, 0.4) is 0 Å². The molecule has 2 rings (SSSR count). The quantitative estimate of drug-likeness (QED) is 0.621. The van der Waals surface area contributed by atoms with Crippen molar-refractivity contribution in [3.63, 3.8) is 0 Å². The van der Waals surface area contributed by atoms with Crippen molar-refractivity contribution in [2.75, 3.05) is 0 Å². The van der Waals surface area contributed by atoms with Crippen molar-refractivity contribution in [2.24, 2.45) is 0 Å². The highest BCUT2D eigenvalue weighted by molar-refractivity contribution is 6.30. The molecule has 1 unspecified atom stereocenters. The van der Waals surface area contributed by atoms with Gasteiger partial charge in [-0.15, -0.1) is 0 Å². The molecule has 1 aliphatic carbocycles. The SMILES string of the molecule is CC(NCc1ccc(Cl)cc1[N+](=O)[O-])C(=O)NC1CC1. The molecule has 7 heteroatoms. The summed E-state index contributed by atoms with van der Waals surface area (Å²) < 4.78 is 0. The number of benzene rings is 1. The number of carbonyl (C=O) groups is 1. The Morgan fingerprint density at radius 1 is 1.55 bits per heavy atom. The highest BCUT2D eigenvalue weighted by Crippen LogP contribution is 2.23. The van der Waals surface area contributed by atoms with E-state index in [2.05, 4.69) is 10.6 Å². The Morgan fingerprint density at radius 2 is 2.25 bits per heavy atom. The lowest BCUT2D eigenvalue weighted by molar-refractivity contribution is -0.385. The Hall–Kier alpha value is -1.66. The molecule has 1 amide bonds. The van der Waals surface area contributed by atoms with E-state index in [9.17, 15) is 14.9 Å². The smallest absolute Gasteiger partial charge is 0.275 e. The van der Waals surface area contributed by atoms with Crippen LogP contribution in [0.15, 0.2) is 18.2 Å². The van der Waals surface area contributed by atoms with Gasteiger partial charge < -0.3 is 10.6 Å². The summed E-state index contributed by atoms with van der Waals surface area (Å²) in [5, 5.41) is 17.1. The maximum atomic E-state index is 11.8. The van der Waals surface area contributed by atoms with E-state index in [1.807, 2.05) is 0 Å².